The Morgan fingerprint density at radius 2 is 2.08 bits per heavy atom. The summed E-state index contributed by atoms with van der Waals surface area (Å²) >= 11 is 1.50. The first-order valence-corrected chi connectivity index (χ1v) is 9.42. The molecule has 2 amide bonds. The lowest BCUT2D eigenvalue weighted by Gasteiger charge is -2.19. The quantitative estimate of drug-likeness (QED) is 0.725. The molecule has 0 spiro atoms. The summed E-state index contributed by atoms with van der Waals surface area (Å²) in [5.74, 6) is -0.296. The van der Waals surface area contributed by atoms with Crippen molar-refractivity contribution >= 4 is 39.5 Å². The molecule has 1 aromatic carbocycles. The van der Waals surface area contributed by atoms with Gasteiger partial charge in [0.15, 0.2) is 0 Å². The van der Waals surface area contributed by atoms with Gasteiger partial charge in [-0.2, -0.15) is 0 Å². The number of fused-ring (bicyclic) bond motifs is 1. The average Bonchev–Trinajstić information content (AvgIpc) is 3.25. The second kappa shape index (κ2) is 7.76. The van der Waals surface area contributed by atoms with Crippen molar-refractivity contribution < 1.29 is 9.59 Å². The first kappa shape index (κ1) is 18.2. The zero-order chi connectivity index (χ0) is 18.7. The van der Waals surface area contributed by atoms with Gasteiger partial charge in [0, 0.05) is 20.6 Å². The third-order valence-corrected chi connectivity index (χ3v) is 5.39. The largest absolute Gasteiger partial charge is 0.366 e. The Balaban J connectivity index is 1.86. The molecule has 1 aliphatic heterocycles. The summed E-state index contributed by atoms with van der Waals surface area (Å²) < 4.78 is 0. The molecule has 2 aromatic rings. The first-order chi connectivity index (χ1) is 12.6. The van der Waals surface area contributed by atoms with Gasteiger partial charge in [0.1, 0.15) is 5.00 Å². The molecule has 0 fully saturated rings. The van der Waals surface area contributed by atoms with Crippen LogP contribution in [0.25, 0.3) is 0 Å². The number of anilines is 3. The highest BCUT2D eigenvalue weighted by molar-refractivity contribution is 7.14. The third kappa shape index (κ3) is 3.38. The van der Waals surface area contributed by atoms with Gasteiger partial charge >= 0.3 is 0 Å². The highest BCUT2D eigenvalue weighted by Crippen LogP contribution is 2.33. The third-order valence-electron chi connectivity index (χ3n) is 4.25. The van der Waals surface area contributed by atoms with Crippen LogP contribution in [0.3, 0.4) is 0 Å². The molecule has 3 rings (SSSR count). The molecule has 0 bridgehead atoms. The summed E-state index contributed by atoms with van der Waals surface area (Å²) in [6, 6.07) is 7.55. The Bertz CT molecular complexity index is 820. The van der Waals surface area contributed by atoms with E-state index in [1.165, 1.54) is 16.3 Å². The molecule has 1 aliphatic rings. The van der Waals surface area contributed by atoms with E-state index in [2.05, 4.69) is 28.1 Å². The molecule has 0 radical (unpaired) electrons. The van der Waals surface area contributed by atoms with Crippen molar-refractivity contribution in [3.63, 3.8) is 0 Å². The SMILES string of the molecule is CCCN(C)c1scc(CC(=O)N2NNc3ccccc32)c1C(=O)NC. The number of benzene rings is 1. The molecule has 3 N–H and O–H groups in total. The van der Waals surface area contributed by atoms with E-state index in [4.69, 9.17) is 0 Å². The van der Waals surface area contributed by atoms with Crippen LogP contribution in [0.5, 0.6) is 0 Å². The van der Waals surface area contributed by atoms with Crippen LogP contribution in [0.2, 0.25) is 0 Å². The average molecular weight is 373 g/mol. The van der Waals surface area contributed by atoms with Crippen molar-refractivity contribution in [1.82, 2.24) is 10.9 Å². The van der Waals surface area contributed by atoms with Crippen LogP contribution in [0.15, 0.2) is 29.6 Å². The maximum Gasteiger partial charge on any atom is 0.254 e. The lowest BCUT2D eigenvalue weighted by molar-refractivity contribution is -0.118. The van der Waals surface area contributed by atoms with E-state index in [9.17, 15) is 9.59 Å². The molecule has 0 saturated carbocycles. The topological polar surface area (TPSA) is 76.7 Å². The number of hydrogen-bond acceptors (Lipinski definition) is 6. The van der Waals surface area contributed by atoms with Gasteiger partial charge in [0.25, 0.3) is 5.91 Å². The fraction of sp³-hybridized carbons (Fsp3) is 0.333. The molecular formula is C18H23N5O2S. The molecular weight excluding hydrogens is 350 g/mol. The number of para-hydroxylation sites is 2. The standard InChI is InChI=1S/C18H23N5O2S/c1-4-9-22(3)18-16(17(25)19-2)12(11-26-18)10-15(24)23-14-8-6-5-7-13(14)20-21-23/h5-8,11,20-21H,4,9-10H2,1-3H3,(H,19,25). The van der Waals surface area contributed by atoms with Crippen molar-refractivity contribution in [2.45, 2.75) is 19.8 Å². The summed E-state index contributed by atoms with van der Waals surface area (Å²) in [5.41, 5.74) is 8.81. The van der Waals surface area contributed by atoms with Gasteiger partial charge in [-0.25, -0.2) is 5.01 Å². The lowest BCUT2D eigenvalue weighted by atomic mass is 10.1. The minimum atomic E-state index is -0.167. The number of nitrogens with zero attached hydrogens (tertiary/aromatic N) is 2. The second-order valence-corrected chi connectivity index (χ2v) is 6.96. The predicted octanol–water partition coefficient (Wildman–Crippen LogP) is 2.37. The van der Waals surface area contributed by atoms with Crippen molar-refractivity contribution in [2.24, 2.45) is 0 Å². The molecule has 138 valence electrons. The Kier molecular flexibility index (Phi) is 5.43. The van der Waals surface area contributed by atoms with E-state index in [1.807, 2.05) is 36.7 Å². The van der Waals surface area contributed by atoms with E-state index in [-0.39, 0.29) is 18.2 Å². The molecule has 2 heterocycles. The van der Waals surface area contributed by atoms with E-state index in [0.717, 1.165) is 34.9 Å². The summed E-state index contributed by atoms with van der Waals surface area (Å²) in [4.78, 5) is 27.3. The van der Waals surface area contributed by atoms with Gasteiger partial charge in [-0.15, -0.1) is 16.9 Å². The maximum atomic E-state index is 12.8. The van der Waals surface area contributed by atoms with Crippen LogP contribution < -0.4 is 26.2 Å². The van der Waals surface area contributed by atoms with Gasteiger partial charge in [-0.05, 0) is 29.5 Å². The number of carbonyl (C=O) groups excluding carboxylic acids is 2. The zero-order valence-corrected chi connectivity index (χ0v) is 15.9. The Morgan fingerprint density at radius 3 is 2.81 bits per heavy atom. The van der Waals surface area contributed by atoms with Gasteiger partial charge in [0.05, 0.1) is 23.4 Å². The monoisotopic (exact) mass is 373 g/mol. The molecule has 0 unspecified atom stereocenters. The maximum absolute atomic E-state index is 12.8. The van der Waals surface area contributed by atoms with Gasteiger partial charge in [-0.1, -0.05) is 19.1 Å². The van der Waals surface area contributed by atoms with E-state index in [0.29, 0.717) is 5.56 Å². The number of rotatable bonds is 6. The Hall–Kier alpha value is -2.58. The Morgan fingerprint density at radius 1 is 1.31 bits per heavy atom. The number of carbonyl (C=O) groups is 2. The van der Waals surface area contributed by atoms with Crippen LogP contribution in [0.1, 0.15) is 29.3 Å². The summed E-state index contributed by atoms with van der Waals surface area (Å²) in [5, 5.41) is 6.97. The lowest BCUT2D eigenvalue weighted by Crippen LogP contribution is -2.42. The number of amides is 2. The normalized spacial score (nSPS) is 12.5. The fourth-order valence-electron chi connectivity index (χ4n) is 2.99. The van der Waals surface area contributed by atoms with Gasteiger partial charge < -0.3 is 15.6 Å². The van der Waals surface area contributed by atoms with Crippen LogP contribution in [0, 0.1) is 0 Å². The summed E-state index contributed by atoms with van der Waals surface area (Å²) in [6.07, 6.45) is 1.12. The van der Waals surface area contributed by atoms with E-state index in [1.54, 1.807) is 7.05 Å². The highest BCUT2D eigenvalue weighted by atomic mass is 32.1. The van der Waals surface area contributed by atoms with Crippen LogP contribution in [-0.2, 0) is 11.2 Å². The zero-order valence-electron chi connectivity index (χ0n) is 15.1. The van der Waals surface area contributed by atoms with Crippen LogP contribution >= 0.6 is 11.3 Å². The first-order valence-electron chi connectivity index (χ1n) is 8.54. The number of hydrazine groups is 2. The number of nitrogens with one attached hydrogen (secondary N) is 3. The van der Waals surface area contributed by atoms with Crippen molar-refractivity contribution in [1.29, 1.82) is 0 Å². The highest BCUT2D eigenvalue weighted by Gasteiger charge is 2.27. The predicted molar refractivity (Wildman–Crippen MR) is 106 cm³/mol. The van der Waals surface area contributed by atoms with Crippen molar-refractivity contribution in [3.8, 4) is 0 Å². The molecule has 0 aliphatic carbocycles. The van der Waals surface area contributed by atoms with Crippen molar-refractivity contribution in [2.75, 3.05) is 36.0 Å². The van der Waals surface area contributed by atoms with Crippen molar-refractivity contribution in [3.05, 3.63) is 40.8 Å². The minimum absolute atomic E-state index is 0.130. The second-order valence-electron chi connectivity index (χ2n) is 6.10. The smallest absolute Gasteiger partial charge is 0.254 e. The van der Waals surface area contributed by atoms with Gasteiger partial charge in [-0.3, -0.25) is 9.59 Å². The Labute approximate surface area is 156 Å². The molecule has 8 heteroatoms. The molecule has 26 heavy (non-hydrogen) atoms. The van der Waals surface area contributed by atoms with Gasteiger partial charge in [0.2, 0.25) is 5.91 Å². The summed E-state index contributed by atoms with van der Waals surface area (Å²) in [7, 11) is 3.58. The molecule has 0 atom stereocenters. The fourth-order valence-corrected chi connectivity index (χ4v) is 4.06. The number of thiophene rings is 1. The van der Waals surface area contributed by atoms with Crippen LogP contribution in [0.4, 0.5) is 16.4 Å². The molecule has 0 saturated heterocycles. The summed E-state index contributed by atoms with van der Waals surface area (Å²) in [6.45, 7) is 2.94. The molecule has 7 nitrogen and oxygen atoms in total. The minimum Gasteiger partial charge on any atom is -0.366 e. The van der Waals surface area contributed by atoms with E-state index < -0.39 is 0 Å². The number of hydrogen-bond donors (Lipinski definition) is 3. The van der Waals surface area contributed by atoms with E-state index >= 15 is 0 Å². The molecule has 1 aromatic heterocycles. The van der Waals surface area contributed by atoms with Crippen LogP contribution in [-0.4, -0.2) is 32.5 Å².